The molecule has 0 aromatic heterocycles. The third kappa shape index (κ3) is 2.44. The van der Waals surface area contributed by atoms with Gasteiger partial charge >= 0.3 is 0 Å². The quantitative estimate of drug-likeness (QED) is 0.696. The van der Waals surface area contributed by atoms with Crippen LogP contribution in [0, 0.1) is 0 Å². The summed E-state index contributed by atoms with van der Waals surface area (Å²) in [6, 6.07) is 9.95. The fourth-order valence-electron chi connectivity index (χ4n) is 4.64. The van der Waals surface area contributed by atoms with Crippen molar-refractivity contribution in [3.8, 4) is 0 Å². The monoisotopic (exact) mass is 303 g/mol. The maximum absolute atomic E-state index is 4.36. The zero-order valence-corrected chi connectivity index (χ0v) is 13.8. The molecule has 4 rings (SSSR count). The number of rotatable bonds is 4. The molecular weight excluding hydrogens is 278 g/mol. The lowest BCUT2D eigenvalue weighted by Crippen LogP contribution is -2.37. The highest BCUT2D eigenvalue weighted by Crippen LogP contribution is 2.44. The lowest BCUT2D eigenvalue weighted by molar-refractivity contribution is 0.176. The van der Waals surface area contributed by atoms with E-state index in [9.17, 15) is 0 Å². The van der Waals surface area contributed by atoms with E-state index in [1.807, 2.05) is 0 Å². The second kappa shape index (κ2) is 5.98. The molecule has 2 atom stereocenters. The van der Waals surface area contributed by atoms with Crippen molar-refractivity contribution in [3.05, 3.63) is 83.5 Å². The van der Waals surface area contributed by atoms with Gasteiger partial charge in [0.25, 0.3) is 0 Å². The van der Waals surface area contributed by atoms with Gasteiger partial charge in [0, 0.05) is 18.6 Å². The zero-order chi connectivity index (χ0) is 15.8. The van der Waals surface area contributed by atoms with Gasteiger partial charge in [0.1, 0.15) is 0 Å². The number of nitrogens with zero attached hydrogens (tertiary/aromatic N) is 1. The molecule has 3 aliphatic carbocycles. The van der Waals surface area contributed by atoms with Crippen molar-refractivity contribution in [1.82, 2.24) is 4.90 Å². The number of aryl methyl sites for hydroxylation is 1. The third-order valence-electron chi connectivity index (χ3n) is 5.67. The fourth-order valence-corrected chi connectivity index (χ4v) is 4.64. The van der Waals surface area contributed by atoms with Crippen molar-refractivity contribution in [2.45, 2.75) is 44.2 Å². The Labute approximate surface area is 139 Å². The van der Waals surface area contributed by atoms with Crippen LogP contribution in [0.15, 0.2) is 72.4 Å². The summed E-state index contributed by atoms with van der Waals surface area (Å²) in [7, 11) is 0. The first kappa shape index (κ1) is 14.7. The van der Waals surface area contributed by atoms with Gasteiger partial charge in [0.15, 0.2) is 0 Å². The van der Waals surface area contributed by atoms with Crippen molar-refractivity contribution in [2.24, 2.45) is 0 Å². The van der Waals surface area contributed by atoms with Crippen LogP contribution in [0.1, 0.15) is 42.9 Å². The molecule has 118 valence electrons. The molecule has 2 unspecified atom stereocenters. The van der Waals surface area contributed by atoms with Crippen LogP contribution in [0.25, 0.3) is 0 Å². The molecule has 1 nitrogen and oxygen atoms in total. The second-order valence-electron chi connectivity index (χ2n) is 6.94. The molecule has 0 spiro atoms. The smallest absolute Gasteiger partial charge is 0.0400 e. The molecule has 3 aliphatic rings. The Bertz CT molecular complexity index is 706. The summed E-state index contributed by atoms with van der Waals surface area (Å²) in [6.07, 6.45) is 12.6. The number of hydrogen-bond donors (Lipinski definition) is 0. The molecule has 1 aromatic carbocycles. The highest BCUT2D eigenvalue weighted by atomic mass is 15.2. The summed E-state index contributed by atoms with van der Waals surface area (Å²) < 4.78 is 0. The summed E-state index contributed by atoms with van der Waals surface area (Å²) in [5, 5.41) is 0. The van der Waals surface area contributed by atoms with E-state index in [4.69, 9.17) is 0 Å². The Morgan fingerprint density at radius 1 is 1.17 bits per heavy atom. The minimum atomic E-state index is 0.475. The highest BCUT2D eigenvalue weighted by molar-refractivity contribution is 5.51. The largest absolute Gasteiger partial charge is 0.285 e. The van der Waals surface area contributed by atoms with Crippen molar-refractivity contribution in [1.29, 1.82) is 0 Å². The van der Waals surface area contributed by atoms with Gasteiger partial charge in [-0.2, -0.15) is 0 Å². The molecule has 0 fully saturated rings. The molecule has 0 heterocycles. The average Bonchev–Trinajstić information content (AvgIpc) is 3.15. The minimum absolute atomic E-state index is 0.475. The van der Waals surface area contributed by atoms with E-state index in [2.05, 4.69) is 60.6 Å². The second-order valence-corrected chi connectivity index (χ2v) is 6.94. The molecule has 0 bridgehead atoms. The topological polar surface area (TPSA) is 3.24 Å². The van der Waals surface area contributed by atoms with Gasteiger partial charge < -0.3 is 0 Å². The van der Waals surface area contributed by atoms with Crippen molar-refractivity contribution in [3.63, 3.8) is 0 Å². The van der Waals surface area contributed by atoms with E-state index < -0.39 is 0 Å². The first-order valence-electron chi connectivity index (χ1n) is 8.81. The van der Waals surface area contributed by atoms with Gasteiger partial charge in [-0.25, -0.2) is 0 Å². The van der Waals surface area contributed by atoms with Crippen LogP contribution in [0.4, 0.5) is 0 Å². The summed E-state index contributed by atoms with van der Waals surface area (Å²) >= 11 is 0. The van der Waals surface area contributed by atoms with E-state index in [-0.39, 0.29) is 0 Å². The SMILES string of the molecule is C=CCN(C1CC(=C)C2=C1C=CCC2)C1CCc2ccccc21. The van der Waals surface area contributed by atoms with Gasteiger partial charge in [-0.15, -0.1) is 6.58 Å². The van der Waals surface area contributed by atoms with Gasteiger partial charge in [0.05, 0.1) is 0 Å². The van der Waals surface area contributed by atoms with Crippen molar-refractivity contribution < 1.29 is 0 Å². The molecule has 0 saturated heterocycles. The lowest BCUT2D eigenvalue weighted by atomic mass is 9.96. The Balaban J connectivity index is 1.70. The summed E-state index contributed by atoms with van der Waals surface area (Å²) in [5.41, 5.74) is 7.45. The van der Waals surface area contributed by atoms with Gasteiger partial charge in [-0.05, 0) is 60.0 Å². The van der Waals surface area contributed by atoms with Crippen LogP contribution in [0.3, 0.4) is 0 Å². The number of hydrogen-bond acceptors (Lipinski definition) is 1. The third-order valence-corrected chi connectivity index (χ3v) is 5.67. The number of allylic oxidation sites excluding steroid dienone is 2. The van der Waals surface area contributed by atoms with E-state index >= 15 is 0 Å². The first-order valence-corrected chi connectivity index (χ1v) is 8.81. The van der Waals surface area contributed by atoms with E-state index in [1.54, 1.807) is 0 Å². The Hall–Kier alpha value is -1.86. The maximum Gasteiger partial charge on any atom is 0.0400 e. The lowest BCUT2D eigenvalue weighted by Gasteiger charge is -2.35. The predicted octanol–water partition coefficient (Wildman–Crippen LogP) is 5.14. The number of fused-ring (bicyclic) bond motifs is 1. The van der Waals surface area contributed by atoms with E-state index in [0.717, 1.165) is 19.4 Å². The van der Waals surface area contributed by atoms with Crippen molar-refractivity contribution in [2.75, 3.05) is 6.54 Å². The van der Waals surface area contributed by atoms with Crippen molar-refractivity contribution >= 4 is 0 Å². The zero-order valence-electron chi connectivity index (χ0n) is 13.8. The molecule has 0 amide bonds. The standard InChI is InChI=1S/C22H25N/c1-3-14-23(21-13-12-17-8-4-5-10-19(17)21)22-15-16(2)18-9-6-7-11-20(18)22/h3-5,7-8,10-11,21-22H,1-2,6,9,12-15H2. The summed E-state index contributed by atoms with van der Waals surface area (Å²) in [4.78, 5) is 2.67. The Morgan fingerprint density at radius 2 is 2.04 bits per heavy atom. The molecule has 1 aromatic rings. The Morgan fingerprint density at radius 3 is 2.91 bits per heavy atom. The Kier molecular flexibility index (Phi) is 3.82. The average molecular weight is 303 g/mol. The normalized spacial score (nSPS) is 25.9. The van der Waals surface area contributed by atoms with Crippen LogP contribution in [0.5, 0.6) is 0 Å². The first-order chi connectivity index (χ1) is 11.3. The molecule has 23 heavy (non-hydrogen) atoms. The van der Waals surface area contributed by atoms with Gasteiger partial charge in [0.2, 0.25) is 0 Å². The van der Waals surface area contributed by atoms with Crippen LogP contribution in [-0.4, -0.2) is 17.5 Å². The molecule has 0 N–H and O–H groups in total. The summed E-state index contributed by atoms with van der Waals surface area (Å²) in [5.74, 6) is 0. The van der Waals surface area contributed by atoms with Crippen LogP contribution < -0.4 is 0 Å². The van der Waals surface area contributed by atoms with E-state index in [0.29, 0.717) is 12.1 Å². The van der Waals surface area contributed by atoms with Crippen LogP contribution in [0.2, 0.25) is 0 Å². The minimum Gasteiger partial charge on any atom is -0.285 e. The van der Waals surface area contributed by atoms with E-state index in [1.165, 1.54) is 47.1 Å². The molecule has 0 saturated carbocycles. The molecule has 0 radical (unpaired) electrons. The fraction of sp³-hybridized carbons (Fsp3) is 0.364. The molecule has 1 heteroatoms. The molecular formula is C22H25N. The summed E-state index contributed by atoms with van der Waals surface area (Å²) in [6.45, 7) is 9.33. The number of benzene rings is 1. The highest BCUT2D eigenvalue weighted by Gasteiger charge is 2.37. The van der Waals surface area contributed by atoms with Gasteiger partial charge in [-0.3, -0.25) is 4.90 Å². The predicted molar refractivity (Wildman–Crippen MR) is 97.4 cm³/mol. The maximum atomic E-state index is 4.36. The van der Waals surface area contributed by atoms with Crippen LogP contribution >= 0.6 is 0 Å². The van der Waals surface area contributed by atoms with Crippen LogP contribution in [-0.2, 0) is 6.42 Å². The van der Waals surface area contributed by atoms with Gasteiger partial charge in [-0.1, -0.05) is 49.1 Å². The molecule has 0 aliphatic heterocycles.